The Hall–Kier alpha value is -9.22. The van der Waals surface area contributed by atoms with Crippen LogP contribution in [0.3, 0.4) is 0 Å². The number of benzene rings is 3. The molecule has 1 amide bonds. The monoisotopic (exact) mass is 1090 g/mol. The van der Waals surface area contributed by atoms with Crippen LogP contribution in [-0.4, -0.2) is 99.5 Å². The van der Waals surface area contributed by atoms with Gasteiger partial charge in [0.05, 0.1) is 30.3 Å². The van der Waals surface area contributed by atoms with E-state index in [1.165, 1.54) is 29.7 Å². The van der Waals surface area contributed by atoms with Crippen LogP contribution in [0.25, 0.3) is 35.0 Å². The summed E-state index contributed by atoms with van der Waals surface area (Å²) >= 11 is 5.97. The number of unbranched alkanes of at least 4 members (excludes halogenated alkanes) is 2. The second-order valence-electron chi connectivity index (χ2n) is 18.6. The average molecular weight is 1090 g/mol. The number of pyridine rings is 1. The Balaban J connectivity index is 0.000000162. The molecule has 410 valence electrons. The lowest BCUT2D eigenvalue weighted by atomic mass is 10.0. The Bertz CT molecular complexity index is 3750. The highest BCUT2D eigenvalue weighted by Crippen LogP contribution is 2.34. The molecule has 1 aliphatic heterocycles. The molecule has 0 saturated heterocycles. The van der Waals surface area contributed by atoms with Gasteiger partial charge in [-0.1, -0.05) is 62.6 Å². The van der Waals surface area contributed by atoms with Gasteiger partial charge in [-0.3, -0.25) is 14.9 Å². The third kappa shape index (κ3) is 13.0. The second kappa shape index (κ2) is 26.9. The largest absolute Gasteiger partial charge is 0.494 e. The number of anilines is 3. The molecule has 0 atom stereocenters. The van der Waals surface area contributed by atoms with E-state index in [-0.39, 0.29) is 17.2 Å². The number of H-pyrrole nitrogens is 1. The molecular weight excluding hydrogens is 1030 g/mol. The van der Waals surface area contributed by atoms with Crippen LogP contribution in [0.1, 0.15) is 94.2 Å². The van der Waals surface area contributed by atoms with Gasteiger partial charge < -0.3 is 14.5 Å². The molecule has 7 heterocycles. The van der Waals surface area contributed by atoms with Crippen LogP contribution in [-0.2, 0) is 11.2 Å². The average Bonchev–Trinajstić information content (AvgIpc) is 4.40. The Morgan fingerprint density at radius 1 is 0.800 bits per heavy atom. The van der Waals surface area contributed by atoms with E-state index in [0.29, 0.717) is 45.1 Å². The van der Waals surface area contributed by atoms with Gasteiger partial charge in [-0.05, 0) is 144 Å². The molecular formula is C59H65ClN18O2. The predicted octanol–water partition coefficient (Wildman–Crippen LogP) is 11.4. The zero-order chi connectivity index (χ0) is 56.7. The lowest BCUT2D eigenvalue weighted by Crippen LogP contribution is -2.23. The van der Waals surface area contributed by atoms with Crippen LogP contribution < -0.4 is 24.8 Å². The number of aromatic amines is 1. The number of methoxy groups -OCH3 is 1. The van der Waals surface area contributed by atoms with E-state index in [9.17, 15) is 10.1 Å². The number of hydrogen-bond acceptors (Lipinski definition) is 16. The van der Waals surface area contributed by atoms with Crippen molar-refractivity contribution < 1.29 is 9.53 Å². The first-order chi connectivity index (χ1) is 38.9. The van der Waals surface area contributed by atoms with Crippen LogP contribution in [0.5, 0.6) is 5.75 Å². The van der Waals surface area contributed by atoms with Crippen molar-refractivity contribution in [2.75, 3.05) is 48.1 Å². The van der Waals surface area contributed by atoms with E-state index in [0.717, 1.165) is 89.8 Å². The van der Waals surface area contributed by atoms with E-state index in [1.54, 1.807) is 78.9 Å². The molecule has 0 spiro atoms. The molecule has 20 nitrogen and oxygen atoms in total. The van der Waals surface area contributed by atoms with Crippen molar-refractivity contribution in [1.29, 1.82) is 5.26 Å². The third-order valence-corrected chi connectivity index (χ3v) is 13.5. The number of nitriles is 1. The van der Waals surface area contributed by atoms with Gasteiger partial charge in [0.15, 0.2) is 22.9 Å². The van der Waals surface area contributed by atoms with Crippen LogP contribution in [0.4, 0.5) is 28.6 Å². The molecule has 80 heavy (non-hydrogen) atoms. The number of azo groups is 1. The highest BCUT2D eigenvalue weighted by molar-refractivity contribution is 6.37. The standard InChI is InChI=1S/C26H33N7.C20H19N5O.C13H13ClN6O/c1-5-8-10-23-22(25-29-30-26(33(25)31-23)24-18-27-13-14-28-24)17-20-11-12-21(16-19(20)4)32(7-3)15-9-6-2;1-3-24(4-2)16-10-8-15(9-11-16)13-17-18(14-21)23-25(20(17)26)19-7-5-6-12-22-19;1-7-12(13-18-15-8(2)20(13)19-7)17-16-10-6-9(14)4-5-11(10)21-3/h11-14,16-18H,5-10,15H2,1-4H3;5-13H,3-4H2,1-2H3;4-6,19H,1-3H3. The number of aryl methyl sites for hydroxylation is 4. The van der Waals surface area contributed by atoms with Crippen LogP contribution in [0, 0.1) is 32.1 Å². The summed E-state index contributed by atoms with van der Waals surface area (Å²) in [5.74, 6) is 2.02. The van der Waals surface area contributed by atoms with Gasteiger partial charge in [-0.25, -0.2) is 14.5 Å². The Morgan fingerprint density at radius 2 is 1.56 bits per heavy atom. The van der Waals surface area contributed by atoms with E-state index < -0.39 is 0 Å². The maximum atomic E-state index is 12.7. The number of carbonyl (C=O) groups excluding carboxylic acids is 1. The summed E-state index contributed by atoms with van der Waals surface area (Å²) in [5.41, 5.74) is 11.2. The number of fused-ring (bicyclic) bond motifs is 2. The maximum absolute atomic E-state index is 12.7. The SMILES string of the molecule is CCCCc1nn2c(-c3cnccn3)nnc2c1=Cc1ccc(N(CC)CCCC)cc1C.CCN(CC)c1ccc(C=C2C(=O)N(c3ccccn3)N=C2C#N)cc1.COc1ccc(Cl)cc1N=Nc1c(C)[nH]n2c(C)nnc12. The van der Waals surface area contributed by atoms with E-state index in [1.807, 2.05) is 48.7 Å². The number of hydrazone groups is 1. The smallest absolute Gasteiger partial charge is 0.283 e. The molecule has 0 bridgehead atoms. The lowest BCUT2D eigenvalue weighted by molar-refractivity contribution is -0.114. The Kier molecular flexibility index (Phi) is 19.2. The molecule has 0 aliphatic carbocycles. The quantitative estimate of drug-likeness (QED) is 0.0624. The zero-order valence-electron chi connectivity index (χ0n) is 46.6. The minimum Gasteiger partial charge on any atom is -0.494 e. The number of aromatic nitrogens is 11. The number of rotatable bonds is 18. The van der Waals surface area contributed by atoms with Crippen molar-refractivity contribution in [3.05, 3.63) is 153 Å². The molecule has 21 heteroatoms. The fourth-order valence-electron chi connectivity index (χ4n) is 8.89. The molecule has 1 aliphatic rings. The number of hydrogen-bond donors (Lipinski definition) is 1. The van der Waals surface area contributed by atoms with Crippen molar-refractivity contribution in [1.82, 2.24) is 54.6 Å². The summed E-state index contributed by atoms with van der Waals surface area (Å²) in [4.78, 5) is 30.1. The molecule has 0 saturated carbocycles. The highest BCUT2D eigenvalue weighted by atomic mass is 35.5. The first-order valence-corrected chi connectivity index (χ1v) is 27.2. The minimum atomic E-state index is -0.354. The van der Waals surface area contributed by atoms with Crippen molar-refractivity contribution in [2.45, 2.75) is 87.5 Å². The van der Waals surface area contributed by atoms with Crippen LogP contribution >= 0.6 is 11.6 Å². The van der Waals surface area contributed by atoms with E-state index >= 15 is 0 Å². The molecule has 0 radical (unpaired) electrons. The van der Waals surface area contributed by atoms with Gasteiger partial charge in [-0.2, -0.15) is 25.0 Å². The summed E-state index contributed by atoms with van der Waals surface area (Å²) in [6.07, 6.45) is 16.0. The molecule has 0 unspecified atom stereocenters. The summed E-state index contributed by atoms with van der Waals surface area (Å²) in [5, 5.41) is 49.7. The van der Waals surface area contributed by atoms with Crippen molar-refractivity contribution >= 4 is 75.2 Å². The summed E-state index contributed by atoms with van der Waals surface area (Å²) in [7, 11) is 1.57. The molecule has 10 rings (SSSR count). The number of nitrogens with one attached hydrogen (secondary N) is 1. The summed E-state index contributed by atoms with van der Waals surface area (Å²) < 4.78 is 8.82. The molecule has 9 aromatic rings. The van der Waals surface area contributed by atoms with Gasteiger partial charge in [0.25, 0.3) is 5.91 Å². The zero-order valence-corrected chi connectivity index (χ0v) is 47.4. The minimum absolute atomic E-state index is 0.0912. The summed E-state index contributed by atoms with van der Waals surface area (Å²) in [6.45, 7) is 20.8. The number of nitrogens with zero attached hydrogens (tertiary/aromatic N) is 17. The van der Waals surface area contributed by atoms with Gasteiger partial charge >= 0.3 is 0 Å². The number of carbonyl (C=O) groups is 1. The number of amides is 1. The van der Waals surface area contributed by atoms with Crippen molar-refractivity contribution in [2.24, 2.45) is 15.3 Å². The summed E-state index contributed by atoms with van der Waals surface area (Å²) in [6, 6.07) is 27.0. The molecule has 1 N–H and O–H groups in total. The number of ether oxygens (including phenoxy) is 1. The predicted molar refractivity (Wildman–Crippen MR) is 315 cm³/mol. The first kappa shape index (κ1) is 57.0. The normalized spacial score (nSPS) is 12.9. The number of halogens is 1. The molecule has 6 aromatic heterocycles. The van der Waals surface area contributed by atoms with Crippen molar-refractivity contribution in [3.63, 3.8) is 0 Å². The van der Waals surface area contributed by atoms with E-state index in [4.69, 9.17) is 21.4 Å². The van der Waals surface area contributed by atoms with Crippen LogP contribution in [0.15, 0.2) is 125 Å². The van der Waals surface area contributed by atoms with Crippen molar-refractivity contribution in [3.8, 4) is 23.3 Å². The Morgan fingerprint density at radius 3 is 2.24 bits per heavy atom. The van der Waals surface area contributed by atoms with Crippen LogP contribution in [0.2, 0.25) is 5.02 Å². The van der Waals surface area contributed by atoms with Gasteiger partial charge in [0.2, 0.25) is 11.5 Å². The van der Waals surface area contributed by atoms with Gasteiger partial charge in [0, 0.05) is 66.4 Å². The van der Waals surface area contributed by atoms with E-state index in [2.05, 4.69) is 131 Å². The first-order valence-electron chi connectivity index (χ1n) is 26.8. The fourth-order valence-corrected chi connectivity index (χ4v) is 9.06. The topological polar surface area (TPSA) is 225 Å². The van der Waals surface area contributed by atoms with Gasteiger partial charge in [0.1, 0.15) is 29.0 Å². The lowest BCUT2D eigenvalue weighted by Gasteiger charge is -2.23. The maximum Gasteiger partial charge on any atom is 0.283 e. The highest BCUT2D eigenvalue weighted by Gasteiger charge is 2.32. The Labute approximate surface area is 470 Å². The van der Waals surface area contributed by atoms with Gasteiger partial charge in [-0.15, -0.1) is 30.6 Å². The molecule has 0 fully saturated rings. The third-order valence-electron chi connectivity index (χ3n) is 13.3. The molecule has 3 aromatic carbocycles. The second-order valence-corrected chi connectivity index (χ2v) is 19.1. The fraction of sp³-hybridized carbons (Fsp3) is 0.305.